The number of hydrogen-bond donors (Lipinski definition) is 1. The van der Waals surface area contributed by atoms with E-state index in [4.69, 9.17) is 20.2 Å². The van der Waals surface area contributed by atoms with Crippen LogP contribution in [0.5, 0.6) is 0 Å². The molecule has 1 aliphatic rings. The molecule has 0 unspecified atom stereocenters. The van der Waals surface area contributed by atoms with Gasteiger partial charge in [0.15, 0.2) is 0 Å². The molecule has 152 valence electrons. The van der Waals surface area contributed by atoms with E-state index < -0.39 is 5.91 Å². The third-order valence-electron chi connectivity index (χ3n) is 5.38. The smallest absolute Gasteiger partial charge is 0.306 e. The van der Waals surface area contributed by atoms with E-state index in [0.29, 0.717) is 28.6 Å². The van der Waals surface area contributed by atoms with Crippen LogP contribution in [0.4, 0.5) is 0 Å². The van der Waals surface area contributed by atoms with Gasteiger partial charge in [0, 0.05) is 42.0 Å². The molecular formula is C22H17N7O2. The summed E-state index contributed by atoms with van der Waals surface area (Å²) < 4.78 is 9.42. The van der Waals surface area contributed by atoms with Crippen molar-refractivity contribution in [3.05, 3.63) is 60.9 Å². The van der Waals surface area contributed by atoms with Crippen molar-refractivity contribution in [2.75, 3.05) is 0 Å². The Kier molecular flexibility index (Phi) is 3.76. The van der Waals surface area contributed by atoms with Crippen molar-refractivity contribution in [3.8, 4) is 22.6 Å². The summed E-state index contributed by atoms with van der Waals surface area (Å²) in [5.41, 5.74) is 10.5. The molecule has 0 saturated heterocycles. The molecule has 31 heavy (non-hydrogen) atoms. The molecule has 0 aliphatic heterocycles. The first-order chi connectivity index (χ1) is 15.2. The highest BCUT2D eigenvalue weighted by Gasteiger charge is 2.27. The highest BCUT2D eigenvalue weighted by atomic mass is 16.3. The number of rotatable bonds is 5. The number of nitrogens with two attached hydrogens (primary N) is 1. The largest absolute Gasteiger partial charge is 0.432 e. The number of primary amides is 1. The van der Waals surface area contributed by atoms with Gasteiger partial charge in [-0.1, -0.05) is 0 Å². The molecule has 6 rings (SSSR count). The van der Waals surface area contributed by atoms with Gasteiger partial charge in [0.05, 0.1) is 22.8 Å². The molecule has 1 aliphatic carbocycles. The molecule has 1 amide bonds. The predicted molar refractivity (Wildman–Crippen MR) is 114 cm³/mol. The molecule has 4 aromatic heterocycles. The number of nitrogens with zero attached hydrogens (tertiary/aromatic N) is 6. The highest BCUT2D eigenvalue weighted by Crippen LogP contribution is 2.39. The molecule has 2 N–H and O–H groups in total. The number of carbonyl (C=O) groups is 1. The number of carbonyl (C=O) groups excluding carboxylic acids is 1. The molecule has 0 spiro atoms. The van der Waals surface area contributed by atoms with E-state index in [1.807, 2.05) is 39.7 Å². The Morgan fingerprint density at radius 3 is 2.87 bits per heavy atom. The van der Waals surface area contributed by atoms with Crippen LogP contribution < -0.4 is 5.73 Å². The van der Waals surface area contributed by atoms with Crippen molar-refractivity contribution >= 4 is 28.9 Å². The summed E-state index contributed by atoms with van der Waals surface area (Å²) in [4.78, 5) is 25.1. The zero-order valence-corrected chi connectivity index (χ0v) is 16.3. The third-order valence-corrected chi connectivity index (χ3v) is 5.38. The molecule has 9 heteroatoms. The first-order valence-corrected chi connectivity index (χ1v) is 9.92. The van der Waals surface area contributed by atoms with Crippen molar-refractivity contribution < 1.29 is 9.21 Å². The Morgan fingerprint density at radius 2 is 2.03 bits per heavy atom. The minimum absolute atomic E-state index is 0.454. The summed E-state index contributed by atoms with van der Waals surface area (Å²) in [6, 6.07) is 6.26. The number of oxazole rings is 1. The molecule has 0 bridgehead atoms. The van der Waals surface area contributed by atoms with Gasteiger partial charge in [0.1, 0.15) is 17.7 Å². The predicted octanol–water partition coefficient (Wildman–Crippen LogP) is 3.23. The Balaban J connectivity index is 1.63. The first kappa shape index (κ1) is 17.6. The van der Waals surface area contributed by atoms with Crippen LogP contribution in [-0.2, 0) is 4.79 Å². The fourth-order valence-electron chi connectivity index (χ4n) is 3.83. The Morgan fingerprint density at radius 1 is 1.16 bits per heavy atom. The Bertz CT molecular complexity index is 1490. The Labute approximate surface area is 175 Å². The maximum atomic E-state index is 11.5. The van der Waals surface area contributed by atoms with E-state index in [9.17, 15) is 4.79 Å². The quantitative estimate of drug-likeness (QED) is 0.444. The van der Waals surface area contributed by atoms with Crippen LogP contribution >= 0.6 is 0 Å². The van der Waals surface area contributed by atoms with E-state index in [1.165, 1.54) is 6.08 Å². The molecule has 1 aromatic carbocycles. The average molecular weight is 411 g/mol. The van der Waals surface area contributed by atoms with Gasteiger partial charge in [0.2, 0.25) is 5.91 Å². The van der Waals surface area contributed by atoms with Gasteiger partial charge in [-0.3, -0.25) is 23.8 Å². The van der Waals surface area contributed by atoms with Crippen LogP contribution in [0.15, 0.2) is 59.7 Å². The summed E-state index contributed by atoms with van der Waals surface area (Å²) in [7, 11) is 0. The number of fused-ring (bicyclic) bond motifs is 2. The molecule has 9 nitrogen and oxygen atoms in total. The van der Waals surface area contributed by atoms with Gasteiger partial charge in [-0.25, -0.2) is 0 Å². The van der Waals surface area contributed by atoms with Crippen molar-refractivity contribution in [2.24, 2.45) is 5.73 Å². The summed E-state index contributed by atoms with van der Waals surface area (Å²) in [5, 5.41) is 4.75. The normalized spacial score (nSPS) is 14.2. The number of amides is 1. The van der Waals surface area contributed by atoms with E-state index in [0.717, 1.165) is 35.4 Å². The van der Waals surface area contributed by atoms with Crippen LogP contribution in [0.2, 0.25) is 0 Å². The van der Waals surface area contributed by atoms with E-state index in [1.54, 1.807) is 24.7 Å². The number of hydrogen-bond acceptors (Lipinski definition) is 6. The van der Waals surface area contributed by atoms with E-state index >= 15 is 0 Å². The summed E-state index contributed by atoms with van der Waals surface area (Å²) in [6.07, 6.45) is 13.9. The van der Waals surface area contributed by atoms with Gasteiger partial charge in [-0.05, 0) is 37.1 Å². The minimum atomic E-state index is -0.544. The molecule has 1 saturated carbocycles. The molecule has 4 heterocycles. The monoisotopic (exact) mass is 411 g/mol. The van der Waals surface area contributed by atoms with Crippen molar-refractivity contribution in [2.45, 2.75) is 18.9 Å². The van der Waals surface area contributed by atoms with Crippen molar-refractivity contribution in [1.82, 2.24) is 29.1 Å². The molecule has 0 radical (unpaired) electrons. The maximum Gasteiger partial charge on any atom is 0.306 e. The third kappa shape index (κ3) is 2.90. The molecule has 1 fully saturated rings. The number of imidazole rings is 1. The lowest BCUT2D eigenvalue weighted by molar-refractivity contribution is -0.113. The lowest BCUT2D eigenvalue weighted by Gasteiger charge is -2.10. The molecule has 0 atom stereocenters. The number of benzene rings is 1. The zero-order valence-electron chi connectivity index (χ0n) is 16.3. The molecular weight excluding hydrogens is 394 g/mol. The topological polar surface area (TPSA) is 117 Å². The van der Waals surface area contributed by atoms with Crippen molar-refractivity contribution in [1.29, 1.82) is 0 Å². The fourth-order valence-corrected chi connectivity index (χ4v) is 3.83. The minimum Gasteiger partial charge on any atom is -0.432 e. The average Bonchev–Trinajstić information content (AvgIpc) is 3.18. The lowest BCUT2D eigenvalue weighted by atomic mass is 9.99. The molecule has 5 aromatic rings. The number of aromatic nitrogens is 6. The van der Waals surface area contributed by atoms with Crippen LogP contribution in [-0.4, -0.2) is 35.0 Å². The highest BCUT2D eigenvalue weighted by molar-refractivity contribution is 5.99. The Hall–Kier alpha value is -4.27. The SMILES string of the molecule is NC(=O)/C=C/c1c(-c2c(-c3ccn(C4CC4)n3)nc3occn23)ccc2nccnc12. The van der Waals surface area contributed by atoms with Gasteiger partial charge >= 0.3 is 5.84 Å². The van der Waals surface area contributed by atoms with Crippen LogP contribution in [0, 0.1) is 0 Å². The van der Waals surface area contributed by atoms with Gasteiger partial charge in [-0.2, -0.15) is 10.1 Å². The van der Waals surface area contributed by atoms with Crippen LogP contribution in [0.1, 0.15) is 24.4 Å². The van der Waals surface area contributed by atoms with Gasteiger partial charge < -0.3 is 10.2 Å². The zero-order chi connectivity index (χ0) is 20.9. The van der Waals surface area contributed by atoms with Crippen molar-refractivity contribution in [3.63, 3.8) is 0 Å². The summed E-state index contributed by atoms with van der Waals surface area (Å²) in [6.45, 7) is 0. The summed E-state index contributed by atoms with van der Waals surface area (Å²) in [5.74, 6) is -0.0907. The lowest BCUT2D eigenvalue weighted by Crippen LogP contribution is -2.05. The van der Waals surface area contributed by atoms with Crippen LogP contribution in [0.25, 0.3) is 45.6 Å². The van der Waals surface area contributed by atoms with E-state index in [-0.39, 0.29) is 0 Å². The van der Waals surface area contributed by atoms with E-state index in [2.05, 4.69) is 9.97 Å². The standard InChI is InChI=1S/C22H17N7O2/c23-18(30)6-4-14-15(3-5-16-19(14)25-9-8-24-16)21-20(26-22-28(21)11-12-31-22)17-7-10-29(27-17)13-1-2-13/h3-13H,1-2H2,(H2,23,30)/b6-4+. The second-order valence-electron chi connectivity index (χ2n) is 7.46. The van der Waals surface area contributed by atoms with Crippen LogP contribution in [0.3, 0.4) is 0 Å². The maximum absolute atomic E-state index is 11.5. The summed E-state index contributed by atoms with van der Waals surface area (Å²) >= 11 is 0. The fraction of sp³-hybridized carbons (Fsp3) is 0.136. The second-order valence-corrected chi connectivity index (χ2v) is 7.46. The second kappa shape index (κ2) is 6.63. The first-order valence-electron chi connectivity index (χ1n) is 9.92. The van der Waals surface area contributed by atoms with Gasteiger partial charge in [-0.15, -0.1) is 0 Å². The van der Waals surface area contributed by atoms with Gasteiger partial charge in [0.25, 0.3) is 0 Å².